The first kappa shape index (κ1) is 14.8. The van der Waals surface area contributed by atoms with E-state index in [0.717, 1.165) is 5.56 Å². The molecule has 1 aromatic carbocycles. The minimum absolute atomic E-state index is 0.124. The lowest BCUT2D eigenvalue weighted by atomic mass is 10.1. The molecule has 1 aromatic rings. The van der Waals surface area contributed by atoms with Crippen LogP contribution in [0.25, 0.3) is 0 Å². The smallest absolute Gasteiger partial charge is 0.335 e. The van der Waals surface area contributed by atoms with Gasteiger partial charge in [-0.25, -0.2) is 9.59 Å². The highest BCUT2D eigenvalue weighted by Crippen LogP contribution is 2.29. The number of benzene rings is 1. The summed E-state index contributed by atoms with van der Waals surface area (Å²) >= 11 is 0. The molecule has 0 aliphatic carbocycles. The summed E-state index contributed by atoms with van der Waals surface area (Å²) in [5, 5.41) is 11.5. The average molecular weight is 292 g/mol. The summed E-state index contributed by atoms with van der Waals surface area (Å²) in [6, 6.07) is 4.25. The third kappa shape index (κ3) is 3.31. The summed E-state index contributed by atoms with van der Waals surface area (Å²) in [5.74, 6) is -1.55. The summed E-state index contributed by atoms with van der Waals surface area (Å²) in [6.07, 6.45) is 0.655. The summed E-state index contributed by atoms with van der Waals surface area (Å²) in [5.41, 5.74) is 1.60. The topological polar surface area (TPSA) is 95.9 Å². The zero-order valence-corrected chi connectivity index (χ0v) is 11.6. The van der Waals surface area contributed by atoms with E-state index in [9.17, 15) is 14.4 Å². The maximum absolute atomic E-state index is 12.1. The van der Waals surface area contributed by atoms with Crippen LogP contribution in [0.15, 0.2) is 18.2 Å². The minimum Gasteiger partial charge on any atom is -0.478 e. The molecule has 0 unspecified atom stereocenters. The number of carbonyl (C=O) groups is 3. The average Bonchev–Trinajstić information content (AvgIpc) is 2.88. The number of fused-ring (bicyclic) bond motifs is 1. The zero-order chi connectivity index (χ0) is 15.4. The van der Waals surface area contributed by atoms with Crippen LogP contribution in [0.2, 0.25) is 0 Å². The van der Waals surface area contributed by atoms with Crippen molar-refractivity contribution < 1.29 is 24.2 Å². The number of nitrogens with zero attached hydrogens (tertiary/aromatic N) is 1. The molecule has 21 heavy (non-hydrogen) atoms. The molecule has 0 fully saturated rings. The molecule has 2 N–H and O–H groups in total. The fourth-order valence-corrected chi connectivity index (χ4v) is 2.18. The van der Waals surface area contributed by atoms with E-state index >= 15 is 0 Å². The summed E-state index contributed by atoms with van der Waals surface area (Å²) in [6.45, 7) is 2.18. The monoisotopic (exact) mass is 292 g/mol. The molecule has 2 rings (SSSR count). The first-order chi connectivity index (χ1) is 10.0. The van der Waals surface area contributed by atoms with Gasteiger partial charge in [0.2, 0.25) is 0 Å². The Morgan fingerprint density at radius 3 is 2.81 bits per heavy atom. The molecule has 7 nitrogen and oxygen atoms in total. The Bertz CT molecular complexity index is 585. The van der Waals surface area contributed by atoms with Crippen LogP contribution in [0.1, 0.15) is 22.8 Å². The fourth-order valence-electron chi connectivity index (χ4n) is 2.18. The van der Waals surface area contributed by atoms with Crippen LogP contribution < -0.4 is 10.2 Å². The predicted molar refractivity (Wildman–Crippen MR) is 74.5 cm³/mol. The number of urea groups is 1. The van der Waals surface area contributed by atoms with Crippen molar-refractivity contribution in [1.82, 2.24) is 5.32 Å². The zero-order valence-electron chi connectivity index (χ0n) is 11.6. The van der Waals surface area contributed by atoms with Crippen LogP contribution in [0.3, 0.4) is 0 Å². The number of aromatic carboxylic acids is 1. The lowest BCUT2D eigenvalue weighted by molar-refractivity contribution is -0.141. The number of rotatable bonds is 4. The number of nitrogens with one attached hydrogen (secondary N) is 1. The van der Waals surface area contributed by atoms with E-state index in [-0.39, 0.29) is 18.7 Å². The van der Waals surface area contributed by atoms with Gasteiger partial charge < -0.3 is 15.2 Å². The van der Waals surface area contributed by atoms with Gasteiger partial charge in [-0.1, -0.05) is 6.07 Å². The lowest BCUT2D eigenvalue weighted by Crippen LogP contribution is -2.41. The van der Waals surface area contributed by atoms with Crippen molar-refractivity contribution >= 4 is 23.7 Å². The molecule has 112 valence electrons. The van der Waals surface area contributed by atoms with Crippen molar-refractivity contribution in [3.63, 3.8) is 0 Å². The first-order valence-corrected chi connectivity index (χ1v) is 6.60. The summed E-state index contributed by atoms with van der Waals surface area (Å²) < 4.78 is 4.73. The maximum atomic E-state index is 12.1. The molecule has 0 spiro atoms. The molecule has 1 aliphatic heterocycles. The number of carbonyl (C=O) groups excluding carboxylic acids is 2. The van der Waals surface area contributed by atoms with Crippen molar-refractivity contribution in [1.29, 1.82) is 0 Å². The standard InChI is InChI=1S/C14H16N2O5/c1-2-21-12(17)8-15-14(20)16-6-5-9-3-4-10(13(18)19)7-11(9)16/h3-4,7H,2,5-6,8H2,1H3,(H,15,20)(H,18,19). The molecule has 7 heteroatoms. The first-order valence-electron chi connectivity index (χ1n) is 6.60. The third-order valence-corrected chi connectivity index (χ3v) is 3.16. The molecule has 1 heterocycles. The molecule has 0 aromatic heterocycles. The molecule has 2 amide bonds. The van der Waals surface area contributed by atoms with Gasteiger partial charge in [0.25, 0.3) is 0 Å². The molecular weight excluding hydrogens is 276 g/mol. The predicted octanol–water partition coefficient (Wildman–Crippen LogP) is 1.02. The number of hydrogen-bond donors (Lipinski definition) is 2. The highest BCUT2D eigenvalue weighted by molar-refractivity contribution is 5.97. The number of anilines is 1. The Morgan fingerprint density at radius 1 is 1.38 bits per heavy atom. The number of amides is 2. The number of ether oxygens (including phenoxy) is 1. The van der Waals surface area contributed by atoms with Crippen LogP contribution in [0, 0.1) is 0 Å². The molecule has 0 saturated heterocycles. The van der Waals surface area contributed by atoms with Gasteiger partial charge in [0, 0.05) is 12.2 Å². The second-order valence-electron chi connectivity index (χ2n) is 4.51. The normalized spacial score (nSPS) is 12.7. The van der Waals surface area contributed by atoms with Gasteiger partial charge in [0.15, 0.2) is 0 Å². The molecule has 0 saturated carbocycles. The fraction of sp³-hybridized carbons (Fsp3) is 0.357. The number of hydrogen-bond acceptors (Lipinski definition) is 4. The van der Waals surface area contributed by atoms with Gasteiger partial charge in [-0.15, -0.1) is 0 Å². The molecule has 0 radical (unpaired) electrons. The van der Waals surface area contributed by atoms with E-state index in [1.807, 2.05) is 0 Å². The maximum Gasteiger partial charge on any atom is 0.335 e. The van der Waals surface area contributed by atoms with E-state index in [0.29, 0.717) is 18.7 Å². The Balaban J connectivity index is 2.07. The van der Waals surface area contributed by atoms with Crippen LogP contribution in [-0.4, -0.2) is 42.8 Å². The summed E-state index contributed by atoms with van der Waals surface area (Å²) in [7, 11) is 0. The van der Waals surface area contributed by atoms with E-state index in [1.165, 1.54) is 17.0 Å². The van der Waals surface area contributed by atoms with E-state index in [2.05, 4.69) is 5.32 Å². The lowest BCUT2D eigenvalue weighted by Gasteiger charge is -2.18. The van der Waals surface area contributed by atoms with Gasteiger partial charge in [0.05, 0.1) is 12.2 Å². The second-order valence-corrected chi connectivity index (χ2v) is 4.51. The van der Waals surface area contributed by atoms with Crippen LogP contribution in [0.4, 0.5) is 10.5 Å². The van der Waals surface area contributed by atoms with Crippen LogP contribution in [-0.2, 0) is 16.0 Å². The number of esters is 1. The highest BCUT2D eigenvalue weighted by Gasteiger charge is 2.26. The molecule has 1 aliphatic rings. The van der Waals surface area contributed by atoms with Gasteiger partial charge >= 0.3 is 18.0 Å². The van der Waals surface area contributed by atoms with Gasteiger partial charge in [-0.3, -0.25) is 9.69 Å². The molecular formula is C14H16N2O5. The van der Waals surface area contributed by atoms with Crippen molar-refractivity contribution in [2.75, 3.05) is 24.6 Å². The van der Waals surface area contributed by atoms with Gasteiger partial charge in [0.1, 0.15) is 6.54 Å². The van der Waals surface area contributed by atoms with Crippen molar-refractivity contribution in [3.8, 4) is 0 Å². The molecule has 0 atom stereocenters. The van der Waals surface area contributed by atoms with Crippen LogP contribution >= 0.6 is 0 Å². The quantitative estimate of drug-likeness (QED) is 0.808. The summed E-state index contributed by atoms with van der Waals surface area (Å²) in [4.78, 5) is 35.7. The van der Waals surface area contributed by atoms with Crippen molar-refractivity contribution in [3.05, 3.63) is 29.3 Å². The van der Waals surface area contributed by atoms with Crippen molar-refractivity contribution in [2.45, 2.75) is 13.3 Å². The highest BCUT2D eigenvalue weighted by atomic mass is 16.5. The molecule has 0 bridgehead atoms. The van der Waals surface area contributed by atoms with Crippen LogP contribution in [0.5, 0.6) is 0 Å². The van der Waals surface area contributed by atoms with E-state index in [4.69, 9.17) is 9.84 Å². The Morgan fingerprint density at radius 2 is 2.14 bits per heavy atom. The van der Waals surface area contributed by atoms with Gasteiger partial charge in [-0.05, 0) is 31.0 Å². The van der Waals surface area contributed by atoms with E-state index < -0.39 is 18.0 Å². The Kier molecular flexibility index (Phi) is 4.42. The van der Waals surface area contributed by atoms with Crippen molar-refractivity contribution in [2.24, 2.45) is 0 Å². The Labute approximate surface area is 121 Å². The second kappa shape index (κ2) is 6.25. The Hall–Kier alpha value is -2.57. The SMILES string of the molecule is CCOC(=O)CNC(=O)N1CCc2ccc(C(=O)O)cc21. The van der Waals surface area contributed by atoms with Gasteiger partial charge in [-0.2, -0.15) is 0 Å². The number of carboxylic acids is 1. The van der Waals surface area contributed by atoms with E-state index in [1.54, 1.807) is 13.0 Å². The minimum atomic E-state index is -1.04. The largest absolute Gasteiger partial charge is 0.478 e. The third-order valence-electron chi connectivity index (χ3n) is 3.16. The number of carboxylic acid groups (broad SMARTS) is 1.